The fourth-order valence-corrected chi connectivity index (χ4v) is 5.63. The molecule has 0 unspecified atom stereocenters. The number of ether oxygens (including phenoxy) is 1. The van der Waals surface area contributed by atoms with Crippen molar-refractivity contribution in [3.63, 3.8) is 0 Å². The highest BCUT2D eigenvalue weighted by Crippen LogP contribution is 2.42. The number of hydrogen-bond donors (Lipinski definition) is 0. The molecule has 0 saturated heterocycles. The van der Waals surface area contributed by atoms with Crippen LogP contribution in [0.15, 0.2) is 35.3 Å². The zero-order valence-electron chi connectivity index (χ0n) is 16.3. The van der Waals surface area contributed by atoms with Crippen LogP contribution >= 0.6 is 15.9 Å². The van der Waals surface area contributed by atoms with E-state index in [1.165, 1.54) is 75.3 Å². The number of allylic oxidation sites excluding steroid dienone is 1. The summed E-state index contributed by atoms with van der Waals surface area (Å²) >= 11 is 3.44. The van der Waals surface area contributed by atoms with Gasteiger partial charge in [0.05, 0.1) is 6.61 Å². The van der Waals surface area contributed by atoms with Crippen molar-refractivity contribution in [3.05, 3.63) is 46.5 Å². The normalized spacial score (nSPS) is 29.9. The summed E-state index contributed by atoms with van der Waals surface area (Å²) in [4.78, 5) is 2.06. The van der Waals surface area contributed by atoms with Crippen LogP contribution in [0.5, 0.6) is 0 Å². The third-order valence-electron chi connectivity index (χ3n) is 6.89. The van der Waals surface area contributed by atoms with Crippen molar-refractivity contribution in [3.8, 4) is 0 Å². The van der Waals surface area contributed by atoms with Gasteiger partial charge in [0.25, 0.3) is 0 Å². The van der Waals surface area contributed by atoms with Gasteiger partial charge >= 0.3 is 0 Å². The first-order chi connectivity index (χ1) is 12.8. The number of halogens is 1. The Morgan fingerprint density at radius 2 is 1.46 bits per heavy atom. The van der Waals surface area contributed by atoms with Crippen molar-refractivity contribution >= 4 is 15.9 Å². The molecule has 2 aliphatic carbocycles. The predicted octanol–water partition coefficient (Wildman–Crippen LogP) is 7.29. The number of benzene rings is 1. The first kappa shape index (κ1) is 20.1. The van der Waals surface area contributed by atoms with Crippen LogP contribution in [0.2, 0.25) is 0 Å². The fraction of sp³-hybridized carbons (Fsp3) is 0.667. The van der Waals surface area contributed by atoms with Crippen LogP contribution in [0, 0.1) is 23.7 Å². The Morgan fingerprint density at radius 1 is 0.885 bits per heavy atom. The smallest absolute Gasteiger partial charge is 0.0713 e. The third kappa shape index (κ3) is 5.96. The van der Waals surface area contributed by atoms with Gasteiger partial charge in [-0.3, -0.25) is 0 Å². The highest BCUT2D eigenvalue weighted by atomic mass is 79.9. The van der Waals surface area contributed by atoms with Gasteiger partial charge in [-0.1, -0.05) is 59.1 Å². The maximum atomic E-state index is 5.20. The van der Waals surface area contributed by atoms with Crippen LogP contribution < -0.4 is 0 Å². The van der Waals surface area contributed by atoms with Crippen molar-refractivity contribution in [2.45, 2.75) is 70.8 Å². The number of methoxy groups -OCH3 is 1. The molecule has 1 nitrogen and oxygen atoms in total. The number of aryl methyl sites for hydroxylation is 1. The third-order valence-corrected chi connectivity index (χ3v) is 7.20. The lowest BCUT2D eigenvalue weighted by Gasteiger charge is -2.37. The quantitative estimate of drug-likeness (QED) is 0.451. The predicted molar refractivity (Wildman–Crippen MR) is 114 cm³/mol. The van der Waals surface area contributed by atoms with E-state index in [9.17, 15) is 0 Å². The van der Waals surface area contributed by atoms with Crippen molar-refractivity contribution in [1.82, 2.24) is 0 Å². The second-order valence-corrected chi connectivity index (χ2v) is 9.09. The largest absolute Gasteiger partial charge is 0.380 e. The van der Waals surface area contributed by atoms with E-state index in [1.807, 2.05) is 0 Å². The van der Waals surface area contributed by atoms with Gasteiger partial charge in [-0.2, -0.15) is 0 Å². The maximum Gasteiger partial charge on any atom is 0.0713 e. The van der Waals surface area contributed by atoms with Gasteiger partial charge < -0.3 is 4.74 Å². The van der Waals surface area contributed by atoms with Crippen molar-refractivity contribution in [2.24, 2.45) is 23.7 Å². The molecule has 0 radical (unpaired) electrons. The minimum absolute atomic E-state index is 0.721. The molecule has 3 rings (SSSR count). The van der Waals surface area contributed by atoms with Crippen molar-refractivity contribution < 1.29 is 4.74 Å². The van der Waals surface area contributed by atoms with Crippen LogP contribution in [-0.2, 0) is 17.8 Å². The summed E-state index contributed by atoms with van der Waals surface area (Å²) in [5.41, 5.74) is 2.77. The van der Waals surface area contributed by atoms with Gasteiger partial charge in [0, 0.05) is 7.11 Å². The van der Waals surface area contributed by atoms with Crippen molar-refractivity contribution in [2.75, 3.05) is 7.11 Å². The molecule has 0 aromatic heterocycles. The minimum Gasteiger partial charge on any atom is -0.380 e. The zero-order valence-corrected chi connectivity index (χ0v) is 17.9. The lowest BCUT2D eigenvalue weighted by Crippen LogP contribution is -2.25. The summed E-state index contributed by atoms with van der Waals surface area (Å²) in [5, 5.41) is 0. The van der Waals surface area contributed by atoms with E-state index in [4.69, 9.17) is 4.74 Å². The molecule has 26 heavy (non-hydrogen) atoms. The standard InChI is InChI=1S/C24H35BrO/c1-26-18-22-6-4-19(5-7-22)2-3-20-8-12-23(13-9-20)24-14-10-21(11-15-24)16-17-25/h4-7,16-17,20-21,23-24H,2-3,8-15,18H2,1H3. The Morgan fingerprint density at radius 3 is 2.04 bits per heavy atom. The van der Waals surface area contributed by atoms with Gasteiger partial charge in [0.2, 0.25) is 0 Å². The molecule has 144 valence electrons. The lowest BCUT2D eigenvalue weighted by molar-refractivity contribution is 0.153. The molecule has 0 bridgehead atoms. The average molecular weight is 419 g/mol. The lowest BCUT2D eigenvalue weighted by atomic mass is 9.68. The summed E-state index contributed by atoms with van der Waals surface area (Å²) in [6.45, 7) is 0.721. The second-order valence-electron chi connectivity index (χ2n) is 8.56. The molecule has 2 fully saturated rings. The van der Waals surface area contributed by atoms with E-state index in [0.29, 0.717) is 0 Å². The van der Waals surface area contributed by atoms with Gasteiger partial charge in [-0.05, 0) is 91.2 Å². The Labute approximate surface area is 168 Å². The van der Waals surface area contributed by atoms with Gasteiger partial charge in [0.15, 0.2) is 0 Å². The summed E-state index contributed by atoms with van der Waals surface area (Å²) in [7, 11) is 1.76. The molecular formula is C24H35BrO. The van der Waals surface area contributed by atoms with Gasteiger partial charge in [0.1, 0.15) is 0 Å². The van der Waals surface area contributed by atoms with E-state index in [2.05, 4.69) is 51.3 Å². The van der Waals surface area contributed by atoms with E-state index in [0.717, 1.165) is 30.3 Å². The summed E-state index contributed by atoms with van der Waals surface area (Å²) < 4.78 is 5.20. The molecule has 0 atom stereocenters. The summed E-state index contributed by atoms with van der Waals surface area (Å²) in [5.74, 6) is 3.83. The average Bonchev–Trinajstić information content (AvgIpc) is 2.69. The monoisotopic (exact) mass is 418 g/mol. The minimum atomic E-state index is 0.721. The Balaban J connectivity index is 1.36. The SMILES string of the molecule is COCc1ccc(CCC2CCC(C3CCC(C=CBr)CC3)CC2)cc1. The van der Waals surface area contributed by atoms with Crippen LogP contribution in [0.25, 0.3) is 0 Å². The molecule has 1 aromatic carbocycles. The zero-order chi connectivity index (χ0) is 18.2. The second kappa shape index (κ2) is 10.7. The molecule has 0 amide bonds. The molecule has 0 heterocycles. The topological polar surface area (TPSA) is 9.23 Å². The Bertz CT molecular complexity index is 534. The highest BCUT2D eigenvalue weighted by Gasteiger charge is 2.30. The van der Waals surface area contributed by atoms with E-state index >= 15 is 0 Å². The molecule has 2 heteroatoms. The number of hydrogen-bond acceptors (Lipinski definition) is 1. The van der Waals surface area contributed by atoms with E-state index in [-0.39, 0.29) is 0 Å². The number of rotatable bonds is 7. The molecule has 0 spiro atoms. The first-order valence-electron chi connectivity index (χ1n) is 10.6. The van der Waals surface area contributed by atoms with Crippen LogP contribution in [0.4, 0.5) is 0 Å². The van der Waals surface area contributed by atoms with Gasteiger partial charge in [-0.25, -0.2) is 0 Å². The summed E-state index contributed by atoms with van der Waals surface area (Å²) in [6, 6.07) is 9.02. The van der Waals surface area contributed by atoms with Crippen LogP contribution in [0.3, 0.4) is 0 Å². The van der Waals surface area contributed by atoms with E-state index < -0.39 is 0 Å². The summed E-state index contributed by atoms with van der Waals surface area (Å²) in [6.07, 6.45) is 16.6. The molecule has 0 N–H and O–H groups in total. The highest BCUT2D eigenvalue weighted by molar-refractivity contribution is 9.11. The molecule has 0 aliphatic heterocycles. The first-order valence-corrected chi connectivity index (χ1v) is 11.5. The molecule has 2 aliphatic rings. The van der Waals surface area contributed by atoms with Crippen molar-refractivity contribution in [1.29, 1.82) is 0 Å². The molecule has 2 saturated carbocycles. The maximum absolute atomic E-state index is 5.20. The van der Waals surface area contributed by atoms with E-state index in [1.54, 1.807) is 7.11 Å². The van der Waals surface area contributed by atoms with Crippen LogP contribution in [-0.4, -0.2) is 7.11 Å². The molecule has 1 aromatic rings. The Hall–Kier alpha value is -0.600. The van der Waals surface area contributed by atoms with Gasteiger partial charge in [-0.15, -0.1) is 0 Å². The van der Waals surface area contributed by atoms with Crippen LogP contribution in [0.1, 0.15) is 68.9 Å². The molecular weight excluding hydrogens is 384 g/mol. The Kier molecular flexibility index (Phi) is 8.26. The fourth-order valence-electron chi connectivity index (χ4n) is 5.20.